The van der Waals surface area contributed by atoms with Gasteiger partial charge in [0.25, 0.3) is 11.8 Å². The topological polar surface area (TPSA) is 97.0 Å². The molecule has 1 heterocycles. The Bertz CT molecular complexity index is 909. The fraction of sp³-hybridized carbons (Fsp3) is 0.190. The van der Waals surface area contributed by atoms with E-state index in [1.54, 1.807) is 19.2 Å². The number of rotatable bonds is 5. The molecule has 0 radical (unpaired) electrons. The molecule has 144 valence electrons. The van der Waals surface area contributed by atoms with Gasteiger partial charge in [-0.2, -0.15) is 0 Å². The van der Waals surface area contributed by atoms with Gasteiger partial charge in [0.05, 0.1) is 17.8 Å². The summed E-state index contributed by atoms with van der Waals surface area (Å²) < 4.78 is 5.69. The number of ether oxygens (including phenoxy) is 1. The Labute approximate surface area is 163 Å². The average molecular weight is 378 g/mol. The van der Waals surface area contributed by atoms with Crippen molar-refractivity contribution in [3.63, 3.8) is 0 Å². The zero-order valence-corrected chi connectivity index (χ0v) is 15.5. The van der Waals surface area contributed by atoms with Crippen LogP contribution in [-0.2, 0) is 16.1 Å². The van der Waals surface area contributed by atoms with Crippen LogP contribution in [0.15, 0.2) is 71.4 Å². The van der Waals surface area contributed by atoms with E-state index in [2.05, 4.69) is 10.3 Å². The molecule has 3 N–H and O–H groups in total. The van der Waals surface area contributed by atoms with Gasteiger partial charge in [-0.15, -0.1) is 0 Å². The standard InChI is InChI=1S/C21H22N4O3/c1-25-18-9-5-6-10-19(18)28-14-17(21(25)27)24-20(26)16(11-22)13-23-12-15-7-3-2-4-8-15/h2-11,13,17H,12,14,22H2,1H3,(H,24,26)/t17-/m0/s1. The lowest BCUT2D eigenvalue weighted by molar-refractivity contribution is -0.125. The van der Waals surface area contributed by atoms with E-state index in [9.17, 15) is 9.59 Å². The van der Waals surface area contributed by atoms with Gasteiger partial charge >= 0.3 is 0 Å². The SMILES string of the molecule is CN1C(=O)[C@@H](NC(=O)C(C=NCc2ccccc2)=CN)COc2ccccc21. The quantitative estimate of drug-likeness (QED) is 0.611. The van der Waals surface area contributed by atoms with Crippen LogP contribution in [0.1, 0.15) is 5.56 Å². The van der Waals surface area contributed by atoms with Crippen molar-refractivity contribution in [2.75, 3.05) is 18.6 Å². The molecule has 0 spiro atoms. The van der Waals surface area contributed by atoms with E-state index in [0.717, 1.165) is 5.56 Å². The smallest absolute Gasteiger partial charge is 0.255 e. The van der Waals surface area contributed by atoms with E-state index in [1.165, 1.54) is 17.3 Å². The molecule has 0 aromatic heterocycles. The Hall–Kier alpha value is -3.61. The van der Waals surface area contributed by atoms with Crippen LogP contribution in [0, 0.1) is 0 Å². The third-order valence-corrected chi connectivity index (χ3v) is 4.35. The molecule has 3 rings (SSSR count). The number of para-hydroxylation sites is 2. The van der Waals surface area contributed by atoms with E-state index in [-0.39, 0.29) is 18.1 Å². The summed E-state index contributed by atoms with van der Waals surface area (Å²) in [5.41, 5.74) is 7.43. The van der Waals surface area contributed by atoms with Crippen molar-refractivity contribution >= 4 is 23.7 Å². The van der Waals surface area contributed by atoms with Gasteiger partial charge in [-0.25, -0.2) is 0 Å². The molecular weight excluding hydrogens is 356 g/mol. The second-order valence-corrected chi connectivity index (χ2v) is 6.28. The summed E-state index contributed by atoms with van der Waals surface area (Å²) in [6.45, 7) is 0.458. The number of hydrogen-bond donors (Lipinski definition) is 2. The molecule has 1 aliphatic rings. The number of likely N-dealkylation sites (N-methyl/N-ethyl adjacent to an activating group) is 1. The van der Waals surface area contributed by atoms with Gasteiger partial charge in [-0.05, 0) is 17.7 Å². The van der Waals surface area contributed by atoms with Gasteiger partial charge < -0.3 is 20.7 Å². The molecule has 7 nitrogen and oxygen atoms in total. The monoisotopic (exact) mass is 378 g/mol. The largest absolute Gasteiger partial charge is 0.489 e. The van der Waals surface area contributed by atoms with Crippen molar-refractivity contribution in [3.8, 4) is 5.75 Å². The van der Waals surface area contributed by atoms with E-state index in [0.29, 0.717) is 18.0 Å². The van der Waals surface area contributed by atoms with Gasteiger partial charge in [-0.3, -0.25) is 14.6 Å². The van der Waals surface area contributed by atoms with Crippen LogP contribution in [0.25, 0.3) is 0 Å². The van der Waals surface area contributed by atoms with Crippen LogP contribution in [0.4, 0.5) is 5.69 Å². The highest BCUT2D eigenvalue weighted by atomic mass is 16.5. The molecule has 2 aromatic carbocycles. The Morgan fingerprint density at radius 2 is 1.96 bits per heavy atom. The third kappa shape index (κ3) is 4.37. The van der Waals surface area contributed by atoms with Crippen LogP contribution in [0.3, 0.4) is 0 Å². The summed E-state index contributed by atoms with van der Waals surface area (Å²) in [6.07, 6.45) is 2.58. The van der Waals surface area contributed by atoms with Crippen molar-refractivity contribution < 1.29 is 14.3 Å². The summed E-state index contributed by atoms with van der Waals surface area (Å²) in [6, 6.07) is 16.0. The second kappa shape index (κ2) is 8.85. The molecule has 0 bridgehead atoms. The molecule has 0 saturated heterocycles. The van der Waals surface area contributed by atoms with Gasteiger partial charge in [0, 0.05) is 19.5 Å². The van der Waals surface area contributed by atoms with Crippen LogP contribution >= 0.6 is 0 Å². The number of benzene rings is 2. The Kier molecular flexibility index (Phi) is 6.06. The zero-order chi connectivity index (χ0) is 19.9. The first-order chi connectivity index (χ1) is 13.6. The Balaban J connectivity index is 1.65. The molecule has 2 aromatic rings. The molecule has 2 amide bonds. The first-order valence-electron chi connectivity index (χ1n) is 8.86. The van der Waals surface area contributed by atoms with Crippen LogP contribution in [-0.4, -0.2) is 37.7 Å². The molecule has 0 saturated carbocycles. The molecular formula is C21H22N4O3. The van der Waals surface area contributed by atoms with Crippen molar-refractivity contribution in [1.82, 2.24) is 5.32 Å². The number of carbonyl (C=O) groups is 2. The normalized spacial score (nSPS) is 17.0. The first-order valence-corrected chi connectivity index (χ1v) is 8.86. The minimum Gasteiger partial charge on any atom is -0.489 e. The highest BCUT2D eigenvalue weighted by Crippen LogP contribution is 2.29. The molecule has 0 fully saturated rings. The molecule has 1 atom stereocenters. The summed E-state index contributed by atoms with van der Waals surface area (Å²) in [7, 11) is 1.65. The fourth-order valence-corrected chi connectivity index (χ4v) is 2.81. The zero-order valence-electron chi connectivity index (χ0n) is 15.5. The van der Waals surface area contributed by atoms with E-state index >= 15 is 0 Å². The maximum atomic E-state index is 12.7. The highest BCUT2D eigenvalue weighted by Gasteiger charge is 2.30. The first kappa shape index (κ1) is 19.2. The second-order valence-electron chi connectivity index (χ2n) is 6.28. The van der Waals surface area contributed by atoms with Crippen LogP contribution < -0.4 is 20.7 Å². The molecule has 0 unspecified atom stereocenters. The molecule has 1 aliphatic heterocycles. The van der Waals surface area contributed by atoms with Crippen molar-refractivity contribution in [3.05, 3.63) is 71.9 Å². The lowest BCUT2D eigenvalue weighted by atomic mass is 10.2. The number of nitrogens with zero attached hydrogens (tertiary/aromatic N) is 2. The lowest BCUT2D eigenvalue weighted by Crippen LogP contribution is -2.49. The molecule has 0 aliphatic carbocycles. The van der Waals surface area contributed by atoms with Crippen LogP contribution in [0.5, 0.6) is 5.75 Å². The predicted octanol–water partition coefficient (Wildman–Crippen LogP) is 1.64. The van der Waals surface area contributed by atoms with Crippen molar-refractivity contribution in [2.24, 2.45) is 10.7 Å². The maximum absolute atomic E-state index is 12.7. The summed E-state index contributed by atoms with van der Waals surface area (Å²) in [4.78, 5) is 31.0. The Morgan fingerprint density at radius 3 is 2.71 bits per heavy atom. The predicted molar refractivity (Wildman–Crippen MR) is 108 cm³/mol. The van der Waals surface area contributed by atoms with Gasteiger partial charge in [0.15, 0.2) is 0 Å². The third-order valence-electron chi connectivity index (χ3n) is 4.35. The van der Waals surface area contributed by atoms with Gasteiger partial charge in [-0.1, -0.05) is 42.5 Å². The number of hydrogen-bond acceptors (Lipinski definition) is 5. The van der Waals surface area contributed by atoms with E-state index in [4.69, 9.17) is 10.5 Å². The maximum Gasteiger partial charge on any atom is 0.255 e. The number of amides is 2. The van der Waals surface area contributed by atoms with Gasteiger partial charge in [0.1, 0.15) is 18.4 Å². The minimum atomic E-state index is -0.831. The minimum absolute atomic E-state index is 0.0327. The molecule has 7 heteroatoms. The van der Waals surface area contributed by atoms with Gasteiger partial charge in [0.2, 0.25) is 0 Å². The summed E-state index contributed by atoms with van der Waals surface area (Å²) >= 11 is 0. The number of carbonyl (C=O) groups excluding carboxylic acids is 2. The summed E-state index contributed by atoms with van der Waals surface area (Å²) in [5, 5.41) is 2.68. The van der Waals surface area contributed by atoms with Crippen molar-refractivity contribution in [1.29, 1.82) is 0 Å². The van der Waals surface area contributed by atoms with E-state index in [1.807, 2.05) is 42.5 Å². The molecule has 28 heavy (non-hydrogen) atoms. The van der Waals surface area contributed by atoms with E-state index < -0.39 is 11.9 Å². The fourth-order valence-electron chi connectivity index (χ4n) is 2.81. The van der Waals surface area contributed by atoms with Crippen molar-refractivity contribution in [2.45, 2.75) is 12.6 Å². The highest BCUT2D eigenvalue weighted by molar-refractivity contribution is 6.13. The number of anilines is 1. The number of nitrogens with two attached hydrogens (primary N) is 1. The summed E-state index contributed by atoms with van der Waals surface area (Å²) in [5.74, 6) is -0.161. The number of nitrogens with one attached hydrogen (secondary N) is 1. The lowest BCUT2D eigenvalue weighted by Gasteiger charge is -2.20. The number of fused-ring (bicyclic) bond motifs is 1. The average Bonchev–Trinajstić information content (AvgIpc) is 2.84. The Morgan fingerprint density at radius 1 is 1.25 bits per heavy atom. The van der Waals surface area contributed by atoms with Crippen LogP contribution in [0.2, 0.25) is 0 Å². The number of aliphatic imine (C=N–C) groups is 1.